The highest BCUT2D eigenvalue weighted by atomic mass is 32.2. The van der Waals surface area contributed by atoms with E-state index >= 15 is 0 Å². The van der Waals surface area contributed by atoms with E-state index in [4.69, 9.17) is 17.3 Å². The molecule has 0 spiro atoms. The molecule has 0 bridgehead atoms. The molecule has 0 fully saturated rings. The molecule has 1 nitrogen and oxygen atoms in total. The van der Waals surface area contributed by atoms with Crippen LogP contribution in [0.2, 0.25) is 0 Å². The lowest BCUT2D eigenvalue weighted by atomic mass is 10.1. The summed E-state index contributed by atoms with van der Waals surface area (Å²) in [7, 11) is 0. The molecule has 0 radical (unpaired) electrons. The lowest BCUT2D eigenvalue weighted by molar-refractivity contribution is 0.167. The zero-order valence-electron chi connectivity index (χ0n) is 5.92. The van der Waals surface area contributed by atoms with E-state index in [1.54, 1.807) is 6.92 Å². The van der Waals surface area contributed by atoms with Gasteiger partial charge >= 0.3 is 0 Å². The minimum Gasteiger partial charge on any atom is -0.393 e. The van der Waals surface area contributed by atoms with Gasteiger partial charge in [-0.15, -0.1) is 11.8 Å². The molecule has 9 heavy (non-hydrogen) atoms. The number of thioether (sulfide) groups is 1. The molecule has 0 aromatic carbocycles. The number of hydrogen-bond acceptors (Lipinski definition) is 3. The first-order chi connectivity index (χ1) is 4.09. The number of hydrogen-bond donors (Lipinski definition) is 1. The van der Waals surface area contributed by atoms with E-state index in [2.05, 4.69) is 0 Å². The van der Waals surface area contributed by atoms with Gasteiger partial charge in [0.15, 0.2) is 0 Å². The number of aliphatic hydroxyl groups is 1. The van der Waals surface area contributed by atoms with Crippen molar-refractivity contribution in [1.82, 2.24) is 0 Å². The topological polar surface area (TPSA) is 20.2 Å². The molecule has 2 atom stereocenters. The van der Waals surface area contributed by atoms with Gasteiger partial charge in [-0.1, -0.05) is 19.1 Å². The highest BCUT2D eigenvalue weighted by Gasteiger charge is 2.12. The van der Waals surface area contributed by atoms with E-state index in [0.29, 0.717) is 0 Å². The van der Waals surface area contributed by atoms with Crippen molar-refractivity contribution >= 4 is 28.2 Å². The van der Waals surface area contributed by atoms with Crippen molar-refractivity contribution in [2.24, 2.45) is 5.92 Å². The lowest BCUT2D eigenvalue weighted by Gasteiger charge is -2.12. The first kappa shape index (κ1) is 9.40. The van der Waals surface area contributed by atoms with Crippen molar-refractivity contribution in [3.05, 3.63) is 0 Å². The van der Waals surface area contributed by atoms with Gasteiger partial charge in [-0.2, -0.15) is 0 Å². The standard InChI is InChI=1S/C6H12OS2/c1-4(5(2)7)6(8)9-3/h4-5,7H,1-3H3/t4-,5+/m0/s1. The Kier molecular flexibility index (Phi) is 4.44. The van der Waals surface area contributed by atoms with Crippen LogP contribution >= 0.6 is 24.0 Å². The SMILES string of the molecule is CSC(=S)[C@@H](C)[C@@H](C)O. The van der Waals surface area contributed by atoms with Crippen molar-refractivity contribution < 1.29 is 5.11 Å². The second-order valence-electron chi connectivity index (χ2n) is 2.05. The molecule has 54 valence electrons. The van der Waals surface area contributed by atoms with Crippen LogP contribution in [-0.2, 0) is 0 Å². The second kappa shape index (κ2) is 4.25. The molecule has 0 aromatic heterocycles. The minimum absolute atomic E-state index is 0.134. The average Bonchev–Trinajstić information content (AvgIpc) is 1.84. The van der Waals surface area contributed by atoms with E-state index in [9.17, 15) is 0 Å². The zero-order valence-corrected chi connectivity index (χ0v) is 7.55. The fourth-order valence-electron chi connectivity index (χ4n) is 0.383. The Morgan fingerprint density at radius 2 is 2.00 bits per heavy atom. The summed E-state index contributed by atoms with van der Waals surface area (Å²) in [6.45, 7) is 3.69. The third kappa shape index (κ3) is 3.18. The molecule has 3 heteroatoms. The fraction of sp³-hybridized carbons (Fsp3) is 0.833. The van der Waals surface area contributed by atoms with Crippen LogP contribution in [0.4, 0.5) is 0 Å². The van der Waals surface area contributed by atoms with Crippen LogP contribution in [0.15, 0.2) is 0 Å². The predicted molar refractivity (Wildman–Crippen MR) is 47.0 cm³/mol. The van der Waals surface area contributed by atoms with Gasteiger partial charge in [0.2, 0.25) is 0 Å². The zero-order chi connectivity index (χ0) is 7.44. The smallest absolute Gasteiger partial charge is 0.0591 e. The Bertz CT molecular complexity index is 101. The molecule has 0 aliphatic heterocycles. The van der Waals surface area contributed by atoms with Crippen molar-refractivity contribution in [1.29, 1.82) is 0 Å². The largest absolute Gasteiger partial charge is 0.393 e. The van der Waals surface area contributed by atoms with Gasteiger partial charge in [-0.3, -0.25) is 0 Å². The van der Waals surface area contributed by atoms with E-state index in [1.807, 2.05) is 13.2 Å². The van der Waals surface area contributed by atoms with Crippen molar-refractivity contribution in [3.63, 3.8) is 0 Å². The minimum atomic E-state index is -0.315. The van der Waals surface area contributed by atoms with Crippen LogP contribution in [0.25, 0.3) is 0 Å². The quantitative estimate of drug-likeness (QED) is 0.627. The van der Waals surface area contributed by atoms with Gasteiger partial charge in [0, 0.05) is 5.92 Å². The summed E-state index contributed by atoms with van der Waals surface area (Å²) in [6.07, 6.45) is 1.62. The van der Waals surface area contributed by atoms with Gasteiger partial charge < -0.3 is 5.11 Å². The monoisotopic (exact) mass is 164 g/mol. The van der Waals surface area contributed by atoms with Crippen molar-refractivity contribution in [3.8, 4) is 0 Å². The van der Waals surface area contributed by atoms with Gasteiger partial charge in [0.25, 0.3) is 0 Å². The Morgan fingerprint density at radius 3 is 2.11 bits per heavy atom. The maximum atomic E-state index is 9.02. The third-order valence-electron chi connectivity index (χ3n) is 1.30. The summed E-state index contributed by atoms with van der Waals surface area (Å²) in [5.74, 6) is 0.134. The molecule has 0 aromatic rings. The van der Waals surface area contributed by atoms with Crippen LogP contribution in [0.3, 0.4) is 0 Å². The molecule has 0 unspecified atom stereocenters. The van der Waals surface area contributed by atoms with Crippen LogP contribution < -0.4 is 0 Å². The van der Waals surface area contributed by atoms with Crippen molar-refractivity contribution in [2.75, 3.05) is 6.26 Å². The van der Waals surface area contributed by atoms with Crippen LogP contribution in [0.5, 0.6) is 0 Å². The van der Waals surface area contributed by atoms with E-state index in [0.717, 1.165) is 4.20 Å². The highest BCUT2D eigenvalue weighted by molar-refractivity contribution is 8.22. The molecule has 0 aliphatic carbocycles. The maximum Gasteiger partial charge on any atom is 0.0591 e. The summed E-state index contributed by atoms with van der Waals surface area (Å²) in [5, 5.41) is 9.02. The third-order valence-corrected chi connectivity index (χ3v) is 2.94. The van der Waals surface area contributed by atoms with E-state index in [1.165, 1.54) is 11.8 Å². The predicted octanol–water partition coefficient (Wildman–Crippen LogP) is 1.69. The molecule has 0 aliphatic rings. The molecular formula is C6H12OS2. The summed E-state index contributed by atoms with van der Waals surface area (Å²) < 4.78 is 0.880. The molecule has 0 rings (SSSR count). The maximum absolute atomic E-state index is 9.02. The van der Waals surface area contributed by atoms with Crippen LogP contribution in [-0.4, -0.2) is 21.7 Å². The van der Waals surface area contributed by atoms with Gasteiger partial charge in [-0.25, -0.2) is 0 Å². The molecule has 0 heterocycles. The van der Waals surface area contributed by atoms with Gasteiger partial charge in [0.1, 0.15) is 0 Å². The van der Waals surface area contributed by atoms with Gasteiger partial charge in [0.05, 0.1) is 10.3 Å². The summed E-state index contributed by atoms with van der Waals surface area (Å²) >= 11 is 6.49. The summed E-state index contributed by atoms with van der Waals surface area (Å²) in [6, 6.07) is 0. The van der Waals surface area contributed by atoms with E-state index < -0.39 is 0 Å². The number of thiocarbonyl (C=S) groups is 1. The Hall–Kier alpha value is 0.400. The van der Waals surface area contributed by atoms with Gasteiger partial charge in [-0.05, 0) is 13.2 Å². The van der Waals surface area contributed by atoms with Crippen molar-refractivity contribution in [2.45, 2.75) is 20.0 Å². The average molecular weight is 164 g/mol. The molecule has 0 saturated carbocycles. The second-order valence-corrected chi connectivity index (χ2v) is 3.60. The Labute approximate surface area is 65.8 Å². The van der Waals surface area contributed by atoms with E-state index in [-0.39, 0.29) is 12.0 Å². The number of rotatable bonds is 2. The lowest BCUT2D eigenvalue weighted by Crippen LogP contribution is -2.18. The molecule has 0 saturated heterocycles. The molecule has 1 N–H and O–H groups in total. The fourth-order valence-corrected chi connectivity index (χ4v) is 1.15. The highest BCUT2D eigenvalue weighted by Crippen LogP contribution is 2.13. The van der Waals surface area contributed by atoms with Crippen LogP contribution in [0.1, 0.15) is 13.8 Å². The molecular weight excluding hydrogens is 152 g/mol. The summed E-state index contributed by atoms with van der Waals surface area (Å²) in [5.41, 5.74) is 0. The Morgan fingerprint density at radius 1 is 1.56 bits per heavy atom. The van der Waals surface area contributed by atoms with Crippen LogP contribution in [0, 0.1) is 5.92 Å². The molecule has 0 amide bonds. The first-order valence-electron chi connectivity index (χ1n) is 2.85. The normalized spacial score (nSPS) is 16.9. The number of aliphatic hydroxyl groups excluding tert-OH is 1. The summed E-state index contributed by atoms with van der Waals surface area (Å²) in [4.78, 5) is 0. The first-order valence-corrected chi connectivity index (χ1v) is 4.48. The Balaban J connectivity index is 3.72.